The van der Waals surface area contributed by atoms with Crippen molar-refractivity contribution >= 4 is 17.6 Å². The summed E-state index contributed by atoms with van der Waals surface area (Å²) in [4.78, 5) is 11.0. The molecule has 1 aliphatic rings. The largest absolute Gasteiger partial charge is 0.478 e. The zero-order chi connectivity index (χ0) is 20.7. The predicted octanol–water partition coefficient (Wildman–Crippen LogP) is 5.47. The molecule has 0 amide bonds. The molecule has 0 aromatic heterocycles. The molecule has 1 unspecified atom stereocenters. The summed E-state index contributed by atoms with van der Waals surface area (Å²) in [5, 5.41) is 19.8. The van der Waals surface area contributed by atoms with Crippen LogP contribution in [0.2, 0.25) is 5.02 Å². The van der Waals surface area contributed by atoms with Crippen molar-refractivity contribution in [2.45, 2.75) is 57.5 Å². The Balaban J connectivity index is 1.91. The minimum atomic E-state index is -1.08. The molecule has 0 saturated heterocycles. The molecule has 146 valence electrons. The van der Waals surface area contributed by atoms with Gasteiger partial charge in [-0.05, 0) is 58.6 Å². The second kappa shape index (κ2) is 7.28. The summed E-state index contributed by atoms with van der Waals surface area (Å²) in [5.41, 5.74) is 4.17. The van der Waals surface area contributed by atoms with Gasteiger partial charge < -0.3 is 10.2 Å². The highest BCUT2D eigenvalue weighted by Crippen LogP contribution is 2.46. The molecule has 0 aliphatic heterocycles. The molecule has 1 atom stereocenters. The topological polar surface area (TPSA) is 57.5 Å². The van der Waals surface area contributed by atoms with Gasteiger partial charge in [-0.3, -0.25) is 0 Å². The van der Waals surface area contributed by atoms with E-state index in [0.717, 1.165) is 18.4 Å². The van der Waals surface area contributed by atoms with E-state index in [4.69, 9.17) is 16.7 Å². The van der Waals surface area contributed by atoms with Crippen LogP contribution in [0.1, 0.15) is 79.3 Å². The van der Waals surface area contributed by atoms with E-state index in [1.807, 2.05) is 6.07 Å². The van der Waals surface area contributed by atoms with E-state index < -0.39 is 12.1 Å². The molecule has 0 spiro atoms. The SMILES string of the molecule is CC1(C)CCC(C)(C)c2cc(C(O)C#Cc3ccc(C(=O)O)c(Cl)c3)ccc21. The van der Waals surface area contributed by atoms with Crippen LogP contribution in [0.5, 0.6) is 0 Å². The number of carbonyl (C=O) groups is 1. The molecule has 0 saturated carbocycles. The number of aliphatic hydroxyl groups is 1. The van der Waals surface area contributed by atoms with Crippen molar-refractivity contribution < 1.29 is 15.0 Å². The fourth-order valence-electron chi connectivity index (χ4n) is 3.78. The van der Waals surface area contributed by atoms with E-state index in [0.29, 0.717) is 5.56 Å². The molecular formula is C24H25ClO3. The van der Waals surface area contributed by atoms with Crippen molar-refractivity contribution in [2.75, 3.05) is 0 Å². The van der Waals surface area contributed by atoms with Crippen molar-refractivity contribution in [1.82, 2.24) is 0 Å². The average molecular weight is 397 g/mol. The summed E-state index contributed by atoms with van der Waals surface area (Å²) in [6.07, 6.45) is 1.32. The van der Waals surface area contributed by atoms with Crippen LogP contribution in [-0.2, 0) is 10.8 Å². The quantitative estimate of drug-likeness (QED) is 0.661. The molecule has 28 heavy (non-hydrogen) atoms. The highest BCUT2D eigenvalue weighted by Gasteiger charge is 2.37. The van der Waals surface area contributed by atoms with Crippen LogP contribution in [0.4, 0.5) is 0 Å². The molecule has 3 nitrogen and oxygen atoms in total. The van der Waals surface area contributed by atoms with Crippen LogP contribution in [0.3, 0.4) is 0 Å². The summed E-state index contributed by atoms with van der Waals surface area (Å²) in [6, 6.07) is 10.7. The first kappa shape index (κ1) is 20.5. The van der Waals surface area contributed by atoms with Gasteiger partial charge in [0.1, 0.15) is 6.10 Å². The number of hydrogen-bond donors (Lipinski definition) is 2. The maximum absolute atomic E-state index is 11.0. The molecule has 0 fully saturated rings. The lowest BCUT2D eigenvalue weighted by molar-refractivity contribution is 0.0697. The van der Waals surface area contributed by atoms with Crippen LogP contribution >= 0.6 is 11.6 Å². The highest BCUT2D eigenvalue weighted by atomic mass is 35.5. The van der Waals surface area contributed by atoms with Crippen LogP contribution in [0.15, 0.2) is 36.4 Å². The van der Waals surface area contributed by atoms with E-state index in [9.17, 15) is 9.90 Å². The maximum atomic E-state index is 11.0. The number of carboxylic acids is 1. The second-order valence-corrected chi connectivity index (χ2v) is 9.15. The molecule has 1 aliphatic carbocycles. The van der Waals surface area contributed by atoms with Gasteiger partial charge in [-0.15, -0.1) is 0 Å². The zero-order valence-electron chi connectivity index (χ0n) is 16.6. The van der Waals surface area contributed by atoms with E-state index in [1.54, 1.807) is 6.07 Å². The van der Waals surface area contributed by atoms with Crippen molar-refractivity contribution in [3.05, 3.63) is 69.2 Å². The number of halogens is 1. The van der Waals surface area contributed by atoms with Gasteiger partial charge in [0.2, 0.25) is 0 Å². The summed E-state index contributed by atoms with van der Waals surface area (Å²) >= 11 is 5.98. The maximum Gasteiger partial charge on any atom is 0.337 e. The van der Waals surface area contributed by atoms with Crippen LogP contribution in [0, 0.1) is 11.8 Å². The third-order valence-corrected chi connectivity index (χ3v) is 6.06. The van der Waals surface area contributed by atoms with Gasteiger partial charge in [0.05, 0.1) is 10.6 Å². The highest BCUT2D eigenvalue weighted by molar-refractivity contribution is 6.33. The first-order valence-electron chi connectivity index (χ1n) is 9.39. The van der Waals surface area contributed by atoms with Crippen LogP contribution in [-0.4, -0.2) is 16.2 Å². The Kier molecular flexibility index (Phi) is 5.32. The van der Waals surface area contributed by atoms with Gasteiger partial charge in [-0.25, -0.2) is 4.79 Å². The van der Waals surface area contributed by atoms with Crippen molar-refractivity contribution in [3.8, 4) is 11.8 Å². The molecule has 2 N–H and O–H groups in total. The lowest BCUT2D eigenvalue weighted by atomic mass is 9.63. The molecule has 3 rings (SSSR count). The number of aromatic carboxylic acids is 1. The monoisotopic (exact) mass is 396 g/mol. The summed E-state index contributed by atoms with van der Waals surface area (Å²) in [7, 11) is 0. The Morgan fingerprint density at radius 3 is 2.29 bits per heavy atom. The van der Waals surface area contributed by atoms with E-state index in [2.05, 4.69) is 51.7 Å². The second-order valence-electron chi connectivity index (χ2n) is 8.74. The molecule has 0 radical (unpaired) electrons. The first-order valence-corrected chi connectivity index (χ1v) is 9.76. The molecule has 0 bridgehead atoms. The number of benzene rings is 2. The fraction of sp³-hybridized carbons (Fsp3) is 0.375. The normalized spacial score (nSPS) is 17.8. The summed E-state index contributed by atoms with van der Waals surface area (Å²) in [5.74, 6) is 4.66. The Labute approximate surface area is 171 Å². The number of fused-ring (bicyclic) bond motifs is 1. The Bertz CT molecular complexity index is 993. The van der Waals surface area contributed by atoms with Crippen molar-refractivity contribution in [3.63, 3.8) is 0 Å². The third-order valence-electron chi connectivity index (χ3n) is 5.75. The van der Waals surface area contributed by atoms with Crippen molar-refractivity contribution in [1.29, 1.82) is 0 Å². The third kappa shape index (κ3) is 3.94. The Morgan fingerprint density at radius 2 is 1.68 bits per heavy atom. The fourth-order valence-corrected chi connectivity index (χ4v) is 4.04. The Hall–Kier alpha value is -2.28. The van der Waals surface area contributed by atoms with E-state index in [1.165, 1.54) is 23.3 Å². The van der Waals surface area contributed by atoms with E-state index >= 15 is 0 Å². The predicted molar refractivity (Wildman–Crippen MR) is 112 cm³/mol. The van der Waals surface area contributed by atoms with Crippen LogP contribution < -0.4 is 0 Å². The molecule has 2 aromatic carbocycles. The van der Waals surface area contributed by atoms with Gasteiger partial charge >= 0.3 is 5.97 Å². The average Bonchev–Trinajstić information content (AvgIpc) is 2.63. The molecule has 0 heterocycles. The summed E-state index contributed by atoms with van der Waals surface area (Å²) < 4.78 is 0. The lowest BCUT2D eigenvalue weighted by Crippen LogP contribution is -2.34. The number of hydrogen-bond acceptors (Lipinski definition) is 2. The number of carboxylic acid groups (broad SMARTS) is 1. The van der Waals surface area contributed by atoms with Gasteiger partial charge in [-0.1, -0.05) is 69.3 Å². The molecular weight excluding hydrogens is 372 g/mol. The minimum absolute atomic E-state index is 0.0345. The standard InChI is InChI=1S/C24H25ClO3/c1-23(2)11-12-24(3,4)19-14-16(7-9-18(19)23)21(26)10-6-15-5-8-17(22(27)28)20(25)13-15/h5,7-9,13-14,21,26H,11-12H2,1-4H3,(H,27,28). The number of aliphatic hydroxyl groups excluding tert-OH is 1. The van der Waals surface area contributed by atoms with Gasteiger partial charge in [0.25, 0.3) is 0 Å². The van der Waals surface area contributed by atoms with Gasteiger partial charge in [-0.2, -0.15) is 0 Å². The first-order chi connectivity index (χ1) is 13.0. The lowest BCUT2D eigenvalue weighted by Gasteiger charge is -2.42. The number of rotatable bonds is 2. The molecule has 4 heteroatoms. The minimum Gasteiger partial charge on any atom is -0.478 e. The van der Waals surface area contributed by atoms with Gasteiger partial charge in [0.15, 0.2) is 0 Å². The summed E-state index contributed by atoms with van der Waals surface area (Å²) in [6.45, 7) is 9.02. The van der Waals surface area contributed by atoms with Crippen molar-refractivity contribution in [2.24, 2.45) is 0 Å². The van der Waals surface area contributed by atoms with Crippen LogP contribution in [0.25, 0.3) is 0 Å². The Morgan fingerprint density at radius 1 is 1.04 bits per heavy atom. The smallest absolute Gasteiger partial charge is 0.337 e. The van der Waals surface area contributed by atoms with E-state index in [-0.39, 0.29) is 21.4 Å². The van der Waals surface area contributed by atoms with Gasteiger partial charge in [0, 0.05) is 5.56 Å². The zero-order valence-corrected chi connectivity index (χ0v) is 17.4. The molecule has 2 aromatic rings.